The number of benzene rings is 1. The maximum Gasteiger partial charge on any atom is 0.336 e. The largest absolute Gasteiger partial charge is 0.423 e. The molecule has 1 aromatic carbocycles. The molecule has 6 nitrogen and oxygen atoms in total. The van der Waals surface area contributed by atoms with Crippen molar-refractivity contribution in [2.24, 2.45) is 0 Å². The predicted molar refractivity (Wildman–Crippen MR) is 115 cm³/mol. The number of nitrogens with zero attached hydrogens (tertiary/aromatic N) is 4. The van der Waals surface area contributed by atoms with Gasteiger partial charge in [-0.1, -0.05) is 6.07 Å². The van der Waals surface area contributed by atoms with E-state index in [1.54, 1.807) is 6.07 Å². The smallest absolute Gasteiger partial charge is 0.336 e. The van der Waals surface area contributed by atoms with Gasteiger partial charge in [-0.3, -0.25) is 9.30 Å². The molecule has 0 amide bonds. The summed E-state index contributed by atoms with van der Waals surface area (Å²) in [5, 5.41) is 9.90. The predicted octanol–water partition coefficient (Wildman–Crippen LogP) is 3.70. The molecule has 0 spiro atoms. The van der Waals surface area contributed by atoms with Crippen molar-refractivity contribution in [3.63, 3.8) is 0 Å². The van der Waals surface area contributed by atoms with E-state index in [9.17, 15) is 4.79 Å². The number of rotatable bonds is 3. The van der Waals surface area contributed by atoms with Gasteiger partial charge in [0.15, 0.2) is 5.65 Å². The van der Waals surface area contributed by atoms with Gasteiger partial charge in [0, 0.05) is 36.7 Å². The van der Waals surface area contributed by atoms with Gasteiger partial charge in [-0.2, -0.15) is 0 Å². The lowest BCUT2D eigenvalue weighted by Gasteiger charge is -2.32. The van der Waals surface area contributed by atoms with Crippen LogP contribution >= 0.6 is 0 Å². The Labute approximate surface area is 174 Å². The molecule has 1 aliphatic heterocycles. The molecule has 1 saturated heterocycles. The van der Waals surface area contributed by atoms with E-state index in [-0.39, 0.29) is 5.63 Å². The van der Waals surface area contributed by atoms with Crippen molar-refractivity contribution in [2.45, 2.75) is 44.6 Å². The molecule has 6 rings (SSSR count). The summed E-state index contributed by atoms with van der Waals surface area (Å²) in [5.74, 6) is 1.37. The summed E-state index contributed by atoms with van der Waals surface area (Å²) in [5.41, 5.74) is 5.18. The summed E-state index contributed by atoms with van der Waals surface area (Å²) in [6, 6.07) is 12.0. The molecular formula is C24H24N4O2. The number of piperidine rings is 1. The van der Waals surface area contributed by atoms with Gasteiger partial charge in [0.05, 0.1) is 0 Å². The minimum absolute atomic E-state index is 0.257. The second-order valence-electron chi connectivity index (χ2n) is 8.62. The molecule has 0 saturated carbocycles. The van der Waals surface area contributed by atoms with Crippen LogP contribution in [0.3, 0.4) is 0 Å². The Morgan fingerprint density at radius 1 is 1.07 bits per heavy atom. The van der Waals surface area contributed by atoms with Crippen molar-refractivity contribution in [2.75, 3.05) is 13.1 Å². The van der Waals surface area contributed by atoms with Crippen molar-refractivity contribution < 1.29 is 4.42 Å². The average Bonchev–Trinajstić information content (AvgIpc) is 3.39. The van der Waals surface area contributed by atoms with Gasteiger partial charge in [0.25, 0.3) is 0 Å². The van der Waals surface area contributed by atoms with E-state index in [0.29, 0.717) is 5.92 Å². The summed E-state index contributed by atoms with van der Waals surface area (Å²) in [6.07, 6.45) is 7.65. The van der Waals surface area contributed by atoms with Crippen molar-refractivity contribution >= 4 is 16.6 Å². The van der Waals surface area contributed by atoms with Gasteiger partial charge >= 0.3 is 5.63 Å². The SMILES string of the molecule is O=c1cc(CN2CCCC(c3nnc4ccccn34)C2)c2cc3c(cc2o1)CCC3. The second-order valence-corrected chi connectivity index (χ2v) is 8.62. The summed E-state index contributed by atoms with van der Waals surface area (Å²) >= 11 is 0. The topological polar surface area (TPSA) is 63.6 Å². The highest BCUT2D eigenvalue weighted by Crippen LogP contribution is 2.31. The van der Waals surface area contributed by atoms with Crippen molar-refractivity contribution in [3.05, 3.63) is 75.5 Å². The van der Waals surface area contributed by atoms with Crippen LogP contribution in [0.25, 0.3) is 16.6 Å². The van der Waals surface area contributed by atoms with E-state index in [2.05, 4.69) is 31.6 Å². The number of hydrogen-bond acceptors (Lipinski definition) is 5. The third-order valence-electron chi connectivity index (χ3n) is 6.65. The number of hydrogen-bond donors (Lipinski definition) is 0. The maximum atomic E-state index is 12.2. The lowest BCUT2D eigenvalue weighted by molar-refractivity contribution is 0.196. The minimum Gasteiger partial charge on any atom is -0.423 e. The first-order valence-electron chi connectivity index (χ1n) is 10.9. The molecule has 0 radical (unpaired) electrons. The fourth-order valence-electron chi connectivity index (χ4n) is 5.21. The van der Waals surface area contributed by atoms with Gasteiger partial charge in [-0.25, -0.2) is 4.79 Å². The van der Waals surface area contributed by atoms with Crippen molar-refractivity contribution in [1.29, 1.82) is 0 Å². The standard InChI is InChI=1S/C24H24N4O2/c29-23-13-19(20-11-16-5-3-6-17(16)12-21(20)30-23)15-27-9-4-7-18(14-27)24-26-25-22-8-1-2-10-28(22)24/h1-2,8,10-13,18H,3-7,9,14-15H2. The van der Waals surface area contributed by atoms with E-state index in [1.807, 2.05) is 24.4 Å². The Hall–Kier alpha value is -2.99. The van der Waals surface area contributed by atoms with Crippen LogP contribution in [0.1, 0.15) is 47.7 Å². The van der Waals surface area contributed by atoms with Crippen LogP contribution in [0.15, 0.2) is 51.8 Å². The Balaban J connectivity index is 1.31. The van der Waals surface area contributed by atoms with Gasteiger partial charge in [-0.05, 0) is 79.6 Å². The Morgan fingerprint density at radius 3 is 2.90 bits per heavy atom. The first kappa shape index (κ1) is 17.8. The first-order valence-corrected chi connectivity index (χ1v) is 10.9. The summed E-state index contributed by atoms with van der Waals surface area (Å²) in [4.78, 5) is 14.7. The molecule has 1 atom stereocenters. The lowest BCUT2D eigenvalue weighted by atomic mass is 9.96. The average molecular weight is 400 g/mol. The Morgan fingerprint density at radius 2 is 1.97 bits per heavy atom. The normalized spacial score (nSPS) is 19.5. The van der Waals surface area contributed by atoms with E-state index in [0.717, 1.165) is 73.3 Å². The van der Waals surface area contributed by atoms with E-state index < -0.39 is 0 Å². The van der Waals surface area contributed by atoms with E-state index in [1.165, 1.54) is 17.5 Å². The van der Waals surface area contributed by atoms with Crippen LogP contribution in [0, 0.1) is 0 Å². The zero-order chi connectivity index (χ0) is 20.1. The molecule has 2 aliphatic rings. The second kappa shape index (κ2) is 7.06. The molecule has 1 aliphatic carbocycles. The highest BCUT2D eigenvalue weighted by molar-refractivity contribution is 5.82. The number of likely N-dealkylation sites (tertiary alicyclic amines) is 1. The van der Waals surface area contributed by atoms with E-state index >= 15 is 0 Å². The molecule has 3 aromatic heterocycles. The zero-order valence-electron chi connectivity index (χ0n) is 16.9. The van der Waals surface area contributed by atoms with Crippen LogP contribution in [0.2, 0.25) is 0 Å². The van der Waals surface area contributed by atoms with Crippen LogP contribution in [-0.4, -0.2) is 32.6 Å². The Kier molecular flexibility index (Phi) is 4.20. The van der Waals surface area contributed by atoms with Gasteiger partial charge in [0.2, 0.25) is 0 Å². The van der Waals surface area contributed by atoms with Crippen LogP contribution in [0.5, 0.6) is 0 Å². The van der Waals surface area contributed by atoms with Gasteiger partial charge in [-0.15, -0.1) is 10.2 Å². The highest BCUT2D eigenvalue weighted by atomic mass is 16.4. The zero-order valence-corrected chi connectivity index (χ0v) is 16.9. The van der Waals surface area contributed by atoms with Gasteiger partial charge in [0.1, 0.15) is 11.4 Å². The highest BCUT2D eigenvalue weighted by Gasteiger charge is 2.26. The molecule has 1 unspecified atom stereocenters. The third kappa shape index (κ3) is 3.03. The lowest BCUT2D eigenvalue weighted by Crippen LogP contribution is -2.34. The quantitative estimate of drug-likeness (QED) is 0.491. The molecule has 6 heteroatoms. The Bertz CT molecular complexity index is 1310. The molecular weight excluding hydrogens is 376 g/mol. The minimum atomic E-state index is -0.257. The molecule has 4 aromatic rings. The summed E-state index contributed by atoms with van der Waals surface area (Å²) in [6.45, 7) is 2.70. The molecule has 30 heavy (non-hydrogen) atoms. The molecule has 4 heterocycles. The third-order valence-corrected chi connectivity index (χ3v) is 6.65. The number of pyridine rings is 1. The number of aromatic nitrogens is 3. The number of aryl methyl sites for hydroxylation is 2. The van der Waals surface area contributed by atoms with Gasteiger partial charge < -0.3 is 4.42 Å². The molecule has 152 valence electrons. The number of fused-ring (bicyclic) bond motifs is 3. The summed E-state index contributed by atoms with van der Waals surface area (Å²) < 4.78 is 7.65. The first-order chi connectivity index (χ1) is 14.7. The fraction of sp³-hybridized carbons (Fsp3) is 0.375. The molecule has 1 fully saturated rings. The van der Waals surface area contributed by atoms with Crippen molar-refractivity contribution in [3.8, 4) is 0 Å². The van der Waals surface area contributed by atoms with Crippen molar-refractivity contribution in [1.82, 2.24) is 19.5 Å². The monoisotopic (exact) mass is 400 g/mol. The van der Waals surface area contributed by atoms with Crippen LogP contribution < -0.4 is 5.63 Å². The fourth-order valence-corrected chi connectivity index (χ4v) is 5.21. The van der Waals surface area contributed by atoms with Crippen LogP contribution in [-0.2, 0) is 19.4 Å². The van der Waals surface area contributed by atoms with E-state index in [4.69, 9.17) is 4.42 Å². The van der Waals surface area contributed by atoms with Crippen LogP contribution in [0.4, 0.5) is 0 Å². The molecule has 0 bridgehead atoms. The maximum absolute atomic E-state index is 12.2. The molecule has 0 N–H and O–H groups in total. The summed E-state index contributed by atoms with van der Waals surface area (Å²) in [7, 11) is 0.